The molecule has 1 spiro atoms. The van der Waals surface area contributed by atoms with Gasteiger partial charge in [0, 0.05) is 24.5 Å². The number of ether oxygens (including phenoxy) is 1. The molecule has 0 aromatic carbocycles. The molecule has 3 heterocycles. The van der Waals surface area contributed by atoms with E-state index in [0.717, 1.165) is 64.7 Å². The van der Waals surface area contributed by atoms with Gasteiger partial charge < -0.3 is 9.64 Å². The third-order valence-electron chi connectivity index (χ3n) is 7.17. The first kappa shape index (κ1) is 21.3. The minimum Gasteiger partial charge on any atom is -0.465 e. The number of hydrogen-bond donors (Lipinski definition) is 0. The van der Waals surface area contributed by atoms with Gasteiger partial charge in [-0.25, -0.2) is 0 Å². The first-order chi connectivity index (χ1) is 14.6. The lowest BCUT2D eigenvalue weighted by molar-refractivity contribution is -0.145. The SMILES string of the molecule is CCOC(=O)CN1CCC2(CC1)CCN(CCCc1ccc3c(n1)CCCC3)C2=O. The lowest BCUT2D eigenvalue weighted by atomic mass is 9.77. The normalized spacial score (nSPS) is 21.1. The lowest BCUT2D eigenvalue weighted by Crippen LogP contribution is -2.46. The van der Waals surface area contributed by atoms with E-state index in [1.54, 1.807) is 0 Å². The highest BCUT2D eigenvalue weighted by Gasteiger charge is 2.47. The van der Waals surface area contributed by atoms with Crippen LogP contribution in [0, 0.1) is 5.41 Å². The summed E-state index contributed by atoms with van der Waals surface area (Å²) in [6, 6.07) is 4.44. The molecule has 4 rings (SSSR count). The Kier molecular flexibility index (Phi) is 6.71. The Balaban J connectivity index is 1.24. The van der Waals surface area contributed by atoms with Crippen LogP contribution >= 0.6 is 0 Å². The highest BCUT2D eigenvalue weighted by molar-refractivity contribution is 5.85. The Morgan fingerprint density at radius 2 is 1.90 bits per heavy atom. The average Bonchev–Trinajstić information content (AvgIpc) is 3.05. The van der Waals surface area contributed by atoms with E-state index in [0.29, 0.717) is 19.1 Å². The molecule has 0 unspecified atom stereocenters. The summed E-state index contributed by atoms with van der Waals surface area (Å²) in [5.41, 5.74) is 3.69. The summed E-state index contributed by atoms with van der Waals surface area (Å²) in [7, 11) is 0. The Morgan fingerprint density at radius 3 is 2.70 bits per heavy atom. The zero-order valence-corrected chi connectivity index (χ0v) is 18.3. The number of pyridine rings is 1. The topological polar surface area (TPSA) is 62.7 Å². The van der Waals surface area contributed by atoms with Crippen molar-refractivity contribution < 1.29 is 14.3 Å². The van der Waals surface area contributed by atoms with Crippen LogP contribution in [0.1, 0.15) is 62.4 Å². The van der Waals surface area contributed by atoms with Gasteiger partial charge >= 0.3 is 5.97 Å². The summed E-state index contributed by atoms with van der Waals surface area (Å²) < 4.78 is 5.05. The van der Waals surface area contributed by atoms with Crippen LogP contribution in [0.15, 0.2) is 12.1 Å². The maximum Gasteiger partial charge on any atom is 0.320 e. The van der Waals surface area contributed by atoms with Gasteiger partial charge in [0.05, 0.1) is 18.6 Å². The van der Waals surface area contributed by atoms with E-state index in [1.807, 2.05) is 6.92 Å². The second-order valence-corrected chi connectivity index (χ2v) is 9.12. The molecule has 1 aromatic rings. The molecule has 6 nitrogen and oxygen atoms in total. The van der Waals surface area contributed by atoms with Crippen molar-refractivity contribution in [2.75, 3.05) is 39.3 Å². The summed E-state index contributed by atoms with van der Waals surface area (Å²) in [4.78, 5) is 33.9. The first-order valence-electron chi connectivity index (χ1n) is 11.7. The van der Waals surface area contributed by atoms with E-state index >= 15 is 0 Å². The highest BCUT2D eigenvalue weighted by Crippen LogP contribution is 2.41. The zero-order chi connectivity index (χ0) is 21.0. The van der Waals surface area contributed by atoms with E-state index < -0.39 is 0 Å². The molecule has 0 bridgehead atoms. The molecule has 1 amide bonds. The molecule has 0 saturated carbocycles. The third kappa shape index (κ3) is 4.69. The maximum atomic E-state index is 13.1. The summed E-state index contributed by atoms with van der Waals surface area (Å²) >= 11 is 0. The third-order valence-corrected chi connectivity index (χ3v) is 7.17. The van der Waals surface area contributed by atoms with Gasteiger partial charge in [-0.2, -0.15) is 0 Å². The molecule has 6 heteroatoms. The Hall–Kier alpha value is -1.95. The molecule has 2 fully saturated rings. The number of amides is 1. The summed E-state index contributed by atoms with van der Waals surface area (Å²) in [5.74, 6) is 0.167. The van der Waals surface area contributed by atoms with Crippen LogP contribution in [0.2, 0.25) is 0 Å². The molecule has 0 radical (unpaired) electrons. The fourth-order valence-electron chi connectivity index (χ4n) is 5.32. The van der Waals surface area contributed by atoms with Crippen molar-refractivity contribution in [1.82, 2.24) is 14.8 Å². The van der Waals surface area contributed by atoms with Crippen molar-refractivity contribution in [1.29, 1.82) is 0 Å². The molecule has 0 atom stereocenters. The predicted molar refractivity (Wildman–Crippen MR) is 115 cm³/mol. The monoisotopic (exact) mass is 413 g/mol. The van der Waals surface area contributed by atoms with Crippen LogP contribution in [-0.4, -0.2) is 66.0 Å². The zero-order valence-electron chi connectivity index (χ0n) is 18.3. The molecule has 3 aliphatic rings. The fraction of sp³-hybridized carbons (Fsp3) is 0.708. The van der Waals surface area contributed by atoms with Crippen LogP contribution in [0.5, 0.6) is 0 Å². The van der Waals surface area contributed by atoms with Gasteiger partial charge in [0.2, 0.25) is 5.91 Å². The van der Waals surface area contributed by atoms with E-state index in [4.69, 9.17) is 9.72 Å². The van der Waals surface area contributed by atoms with E-state index in [9.17, 15) is 9.59 Å². The van der Waals surface area contributed by atoms with Crippen molar-refractivity contribution in [2.45, 2.75) is 64.7 Å². The largest absolute Gasteiger partial charge is 0.465 e. The Bertz CT molecular complexity index is 771. The molecule has 1 aromatic heterocycles. The summed E-state index contributed by atoms with van der Waals surface area (Å²) in [5, 5.41) is 0. The number of likely N-dealkylation sites (tertiary alicyclic amines) is 2. The van der Waals surface area contributed by atoms with Gasteiger partial charge in [-0.1, -0.05) is 6.07 Å². The number of esters is 1. The number of piperidine rings is 1. The molecule has 2 saturated heterocycles. The number of fused-ring (bicyclic) bond motifs is 1. The molecule has 2 aliphatic heterocycles. The lowest BCUT2D eigenvalue weighted by Gasteiger charge is -2.37. The number of hydrogen-bond acceptors (Lipinski definition) is 5. The molecule has 164 valence electrons. The number of rotatable bonds is 7. The predicted octanol–water partition coefficient (Wildman–Crippen LogP) is 2.77. The van der Waals surface area contributed by atoms with E-state index in [1.165, 1.54) is 36.2 Å². The van der Waals surface area contributed by atoms with Gasteiger partial charge in [0.15, 0.2) is 0 Å². The quantitative estimate of drug-likeness (QED) is 0.643. The second-order valence-electron chi connectivity index (χ2n) is 9.12. The smallest absolute Gasteiger partial charge is 0.320 e. The number of carbonyl (C=O) groups is 2. The number of aryl methyl sites for hydroxylation is 3. The van der Waals surface area contributed by atoms with Crippen molar-refractivity contribution in [3.8, 4) is 0 Å². The number of aromatic nitrogens is 1. The van der Waals surface area contributed by atoms with Crippen LogP contribution in [0.25, 0.3) is 0 Å². The highest BCUT2D eigenvalue weighted by atomic mass is 16.5. The van der Waals surface area contributed by atoms with Crippen LogP contribution in [0.3, 0.4) is 0 Å². The first-order valence-corrected chi connectivity index (χ1v) is 11.7. The van der Waals surface area contributed by atoms with Gasteiger partial charge in [-0.15, -0.1) is 0 Å². The minimum absolute atomic E-state index is 0.163. The second kappa shape index (κ2) is 9.46. The van der Waals surface area contributed by atoms with Crippen LogP contribution in [0.4, 0.5) is 0 Å². The van der Waals surface area contributed by atoms with Gasteiger partial charge in [-0.05, 0) is 89.4 Å². The van der Waals surface area contributed by atoms with Crippen LogP contribution in [-0.2, 0) is 33.6 Å². The van der Waals surface area contributed by atoms with Crippen molar-refractivity contribution in [2.24, 2.45) is 5.41 Å². The van der Waals surface area contributed by atoms with Gasteiger partial charge in [0.1, 0.15) is 0 Å². The van der Waals surface area contributed by atoms with Gasteiger partial charge in [-0.3, -0.25) is 19.5 Å². The Labute approximate surface area is 180 Å². The van der Waals surface area contributed by atoms with Gasteiger partial charge in [0.25, 0.3) is 0 Å². The minimum atomic E-state index is -0.199. The number of carbonyl (C=O) groups excluding carboxylic acids is 2. The van der Waals surface area contributed by atoms with E-state index in [2.05, 4.69) is 21.9 Å². The summed E-state index contributed by atoms with van der Waals surface area (Å²) in [6.45, 7) is 5.90. The molecule has 1 aliphatic carbocycles. The fourth-order valence-corrected chi connectivity index (χ4v) is 5.32. The molecular formula is C24H35N3O3. The van der Waals surface area contributed by atoms with Crippen molar-refractivity contribution in [3.63, 3.8) is 0 Å². The molecular weight excluding hydrogens is 378 g/mol. The number of nitrogens with zero attached hydrogens (tertiary/aromatic N) is 3. The summed E-state index contributed by atoms with van der Waals surface area (Å²) in [6.07, 6.45) is 9.41. The van der Waals surface area contributed by atoms with Crippen molar-refractivity contribution in [3.05, 3.63) is 29.1 Å². The van der Waals surface area contributed by atoms with Crippen molar-refractivity contribution >= 4 is 11.9 Å². The molecule has 0 N–H and O–H groups in total. The van der Waals surface area contributed by atoms with E-state index in [-0.39, 0.29) is 11.4 Å². The van der Waals surface area contributed by atoms with Crippen LogP contribution < -0.4 is 0 Å². The standard InChI is InChI=1S/C24H35N3O3/c1-2-30-22(28)18-26-15-11-24(12-16-26)13-17-27(23(24)29)14-5-7-20-10-9-19-6-3-4-8-21(19)25-20/h9-10H,2-8,11-18H2,1H3. The average molecular weight is 414 g/mol. The Morgan fingerprint density at radius 1 is 1.13 bits per heavy atom. The maximum absolute atomic E-state index is 13.1. The molecule has 30 heavy (non-hydrogen) atoms.